The maximum absolute atomic E-state index is 11.4. The standard InChI is InChI=1S/C18H25BO4/c1-7-21-16(20)11-10-14-9-8-13(2)15(12-14)19-22-17(3,4)18(5,6)23-19/h8-12H,7H2,1-6H3/b11-10+. The molecule has 1 saturated heterocycles. The highest BCUT2D eigenvalue weighted by molar-refractivity contribution is 6.62. The Kier molecular flexibility index (Phi) is 5.02. The van der Waals surface area contributed by atoms with Crippen LogP contribution in [0.1, 0.15) is 45.7 Å². The summed E-state index contributed by atoms with van der Waals surface area (Å²) in [4.78, 5) is 11.4. The minimum Gasteiger partial charge on any atom is -0.463 e. The summed E-state index contributed by atoms with van der Waals surface area (Å²) in [6.07, 6.45) is 3.17. The lowest BCUT2D eigenvalue weighted by molar-refractivity contribution is -0.137. The number of esters is 1. The Morgan fingerprint density at radius 2 is 1.83 bits per heavy atom. The average Bonchev–Trinajstić information content (AvgIpc) is 2.66. The number of hydrogen-bond acceptors (Lipinski definition) is 4. The maximum atomic E-state index is 11.4. The molecule has 0 spiro atoms. The monoisotopic (exact) mass is 316 g/mol. The largest absolute Gasteiger partial charge is 0.495 e. The Morgan fingerprint density at radius 3 is 2.39 bits per heavy atom. The second-order valence-corrected chi connectivity index (χ2v) is 6.79. The van der Waals surface area contributed by atoms with Crippen molar-refractivity contribution < 1.29 is 18.8 Å². The van der Waals surface area contributed by atoms with E-state index in [-0.39, 0.29) is 17.2 Å². The Balaban J connectivity index is 2.24. The van der Waals surface area contributed by atoms with Gasteiger partial charge in [0.2, 0.25) is 0 Å². The van der Waals surface area contributed by atoms with Gasteiger partial charge in [0.25, 0.3) is 0 Å². The van der Waals surface area contributed by atoms with Gasteiger partial charge >= 0.3 is 13.1 Å². The molecule has 0 atom stereocenters. The van der Waals surface area contributed by atoms with Crippen LogP contribution in [0.5, 0.6) is 0 Å². The summed E-state index contributed by atoms with van der Waals surface area (Å²) in [6, 6.07) is 5.96. The average molecular weight is 316 g/mol. The van der Waals surface area contributed by atoms with Gasteiger partial charge in [0.1, 0.15) is 0 Å². The van der Waals surface area contributed by atoms with E-state index in [1.54, 1.807) is 13.0 Å². The van der Waals surface area contributed by atoms with E-state index in [0.717, 1.165) is 16.6 Å². The van der Waals surface area contributed by atoms with E-state index >= 15 is 0 Å². The van der Waals surface area contributed by atoms with Gasteiger partial charge in [0.15, 0.2) is 0 Å². The fourth-order valence-corrected chi connectivity index (χ4v) is 2.34. The highest BCUT2D eigenvalue weighted by Crippen LogP contribution is 2.36. The molecule has 0 amide bonds. The van der Waals surface area contributed by atoms with E-state index in [1.807, 2.05) is 52.8 Å². The summed E-state index contributed by atoms with van der Waals surface area (Å²) in [5, 5.41) is 0. The first-order valence-electron chi connectivity index (χ1n) is 7.97. The van der Waals surface area contributed by atoms with Gasteiger partial charge in [-0.3, -0.25) is 0 Å². The lowest BCUT2D eigenvalue weighted by Crippen LogP contribution is -2.41. The molecule has 0 N–H and O–H groups in total. The Hall–Kier alpha value is -1.59. The zero-order chi connectivity index (χ0) is 17.3. The van der Waals surface area contributed by atoms with Crippen molar-refractivity contribution in [1.82, 2.24) is 0 Å². The molecule has 1 aliphatic rings. The van der Waals surface area contributed by atoms with Gasteiger partial charge in [-0.25, -0.2) is 4.79 Å². The molecule has 1 fully saturated rings. The predicted octanol–water partition coefficient (Wildman–Crippen LogP) is 2.87. The van der Waals surface area contributed by atoms with E-state index in [9.17, 15) is 4.79 Å². The van der Waals surface area contributed by atoms with Crippen molar-refractivity contribution in [3.05, 3.63) is 35.4 Å². The van der Waals surface area contributed by atoms with Crippen LogP contribution in [0.4, 0.5) is 0 Å². The number of aryl methyl sites for hydroxylation is 1. The van der Waals surface area contributed by atoms with Gasteiger partial charge in [-0.05, 0) is 58.6 Å². The molecule has 124 valence electrons. The SMILES string of the molecule is CCOC(=O)/C=C/c1ccc(C)c(B2OC(C)(C)C(C)(C)O2)c1. The van der Waals surface area contributed by atoms with Crippen LogP contribution >= 0.6 is 0 Å². The quantitative estimate of drug-likeness (QED) is 0.487. The Labute approximate surface area is 139 Å². The summed E-state index contributed by atoms with van der Waals surface area (Å²) in [6.45, 7) is 12.3. The Morgan fingerprint density at radius 1 is 1.22 bits per heavy atom. The number of rotatable bonds is 4. The molecule has 1 aromatic rings. The van der Waals surface area contributed by atoms with E-state index in [4.69, 9.17) is 14.0 Å². The molecular weight excluding hydrogens is 291 g/mol. The van der Waals surface area contributed by atoms with Gasteiger partial charge in [-0.15, -0.1) is 0 Å². The number of ether oxygens (including phenoxy) is 1. The van der Waals surface area contributed by atoms with Gasteiger partial charge in [-0.2, -0.15) is 0 Å². The van der Waals surface area contributed by atoms with Crippen LogP contribution in [0, 0.1) is 6.92 Å². The molecule has 0 bridgehead atoms. The molecule has 4 nitrogen and oxygen atoms in total. The maximum Gasteiger partial charge on any atom is 0.495 e. The van der Waals surface area contributed by atoms with Crippen LogP contribution in [0.25, 0.3) is 6.08 Å². The highest BCUT2D eigenvalue weighted by atomic mass is 16.7. The lowest BCUT2D eigenvalue weighted by Gasteiger charge is -2.32. The van der Waals surface area contributed by atoms with Crippen molar-refractivity contribution >= 4 is 24.6 Å². The van der Waals surface area contributed by atoms with Crippen molar-refractivity contribution in [1.29, 1.82) is 0 Å². The number of carbonyl (C=O) groups is 1. The van der Waals surface area contributed by atoms with Crippen molar-refractivity contribution in [2.75, 3.05) is 6.61 Å². The minimum atomic E-state index is -0.407. The highest BCUT2D eigenvalue weighted by Gasteiger charge is 2.52. The zero-order valence-electron chi connectivity index (χ0n) is 14.8. The normalized spacial score (nSPS) is 19.3. The van der Waals surface area contributed by atoms with Crippen LogP contribution in [-0.4, -0.2) is 30.9 Å². The van der Waals surface area contributed by atoms with Crippen LogP contribution < -0.4 is 5.46 Å². The van der Waals surface area contributed by atoms with Gasteiger partial charge in [-0.1, -0.05) is 23.8 Å². The van der Waals surface area contributed by atoms with E-state index < -0.39 is 7.12 Å². The summed E-state index contributed by atoms with van der Waals surface area (Å²) >= 11 is 0. The number of hydrogen-bond donors (Lipinski definition) is 0. The minimum absolute atomic E-state index is 0.342. The first-order valence-corrected chi connectivity index (χ1v) is 7.97. The smallest absolute Gasteiger partial charge is 0.463 e. The summed E-state index contributed by atoms with van der Waals surface area (Å²) in [7, 11) is -0.407. The molecule has 0 unspecified atom stereocenters. The Bertz CT molecular complexity index is 603. The third kappa shape index (κ3) is 3.85. The molecule has 0 saturated carbocycles. The van der Waals surface area contributed by atoms with Crippen LogP contribution in [0.3, 0.4) is 0 Å². The van der Waals surface area contributed by atoms with Crippen molar-refractivity contribution in [2.24, 2.45) is 0 Å². The third-order valence-electron chi connectivity index (χ3n) is 4.51. The number of benzene rings is 1. The molecule has 1 aliphatic heterocycles. The lowest BCUT2D eigenvalue weighted by atomic mass is 9.75. The fourth-order valence-electron chi connectivity index (χ4n) is 2.34. The predicted molar refractivity (Wildman–Crippen MR) is 92.6 cm³/mol. The first-order chi connectivity index (χ1) is 10.7. The topological polar surface area (TPSA) is 44.8 Å². The molecule has 0 aromatic heterocycles. The van der Waals surface area contributed by atoms with Gasteiger partial charge < -0.3 is 14.0 Å². The van der Waals surface area contributed by atoms with Crippen molar-refractivity contribution in [3.63, 3.8) is 0 Å². The van der Waals surface area contributed by atoms with Gasteiger partial charge in [0, 0.05) is 6.08 Å². The van der Waals surface area contributed by atoms with Crippen LogP contribution in [0.15, 0.2) is 24.3 Å². The molecule has 5 heteroatoms. The van der Waals surface area contributed by atoms with Crippen LogP contribution in [0.2, 0.25) is 0 Å². The second-order valence-electron chi connectivity index (χ2n) is 6.79. The van der Waals surface area contributed by atoms with E-state index in [0.29, 0.717) is 6.61 Å². The molecule has 1 aromatic carbocycles. The fraction of sp³-hybridized carbons (Fsp3) is 0.500. The summed E-state index contributed by atoms with van der Waals surface area (Å²) < 4.78 is 17.1. The van der Waals surface area contributed by atoms with Crippen LogP contribution in [-0.2, 0) is 18.8 Å². The molecule has 1 heterocycles. The molecule has 0 radical (unpaired) electrons. The van der Waals surface area contributed by atoms with E-state index in [1.165, 1.54) is 6.08 Å². The zero-order valence-corrected chi connectivity index (χ0v) is 14.8. The third-order valence-corrected chi connectivity index (χ3v) is 4.51. The second kappa shape index (κ2) is 6.50. The molecule has 23 heavy (non-hydrogen) atoms. The van der Waals surface area contributed by atoms with Crippen molar-refractivity contribution in [3.8, 4) is 0 Å². The first kappa shape index (κ1) is 17.8. The van der Waals surface area contributed by atoms with Crippen molar-refractivity contribution in [2.45, 2.75) is 52.7 Å². The molecule has 2 rings (SSSR count). The summed E-state index contributed by atoms with van der Waals surface area (Å²) in [5.41, 5.74) is 2.24. The summed E-state index contributed by atoms with van der Waals surface area (Å²) in [5.74, 6) is -0.342. The molecular formula is C18H25BO4. The number of carbonyl (C=O) groups excluding carboxylic acids is 1. The molecule has 0 aliphatic carbocycles. The van der Waals surface area contributed by atoms with Gasteiger partial charge in [0.05, 0.1) is 17.8 Å². The van der Waals surface area contributed by atoms with E-state index in [2.05, 4.69) is 0 Å².